The van der Waals surface area contributed by atoms with E-state index in [2.05, 4.69) is 11.9 Å². The molecule has 0 fully saturated rings. The van der Waals surface area contributed by atoms with Crippen LogP contribution in [-0.4, -0.2) is 12.1 Å². The van der Waals surface area contributed by atoms with Crippen LogP contribution < -0.4 is 9.47 Å². The number of ether oxygens (including phenoxy) is 2. The summed E-state index contributed by atoms with van der Waals surface area (Å²) in [5.74, 6) is 1.64. The second-order valence-electron chi connectivity index (χ2n) is 3.90. The maximum atomic E-state index is 8.98. The van der Waals surface area contributed by atoms with Crippen LogP contribution in [0.5, 0.6) is 17.2 Å². The summed E-state index contributed by atoms with van der Waals surface area (Å²) in [5, 5.41) is 8.98. The van der Waals surface area contributed by atoms with Crippen molar-refractivity contribution in [3.8, 4) is 23.3 Å². The first-order valence-corrected chi connectivity index (χ1v) is 5.98. The zero-order valence-corrected chi connectivity index (χ0v) is 10.9. The van der Waals surface area contributed by atoms with Crippen LogP contribution in [-0.2, 0) is 6.42 Å². The van der Waals surface area contributed by atoms with Gasteiger partial charge in [-0.15, -0.1) is 0 Å². The second kappa shape index (κ2) is 5.87. The van der Waals surface area contributed by atoms with Crippen molar-refractivity contribution in [2.24, 2.45) is 0 Å². The molecule has 0 saturated carbocycles. The largest absolute Gasteiger partial charge is 0.493 e. The predicted molar refractivity (Wildman–Crippen MR) is 71.4 cm³/mol. The van der Waals surface area contributed by atoms with Crippen molar-refractivity contribution >= 4 is 0 Å². The van der Waals surface area contributed by atoms with Gasteiger partial charge in [-0.25, -0.2) is 4.98 Å². The van der Waals surface area contributed by atoms with Crippen molar-refractivity contribution < 1.29 is 9.47 Å². The summed E-state index contributed by atoms with van der Waals surface area (Å²) >= 11 is 0. The summed E-state index contributed by atoms with van der Waals surface area (Å²) in [4.78, 5) is 3.96. The van der Waals surface area contributed by atoms with Crippen molar-refractivity contribution in [2.75, 3.05) is 7.11 Å². The van der Waals surface area contributed by atoms with Crippen LogP contribution in [0.15, 0.2) is 36.5 Å². The molecule has 0 aliphatic heterocycles. The first-order valence-electron chi connectivity index (χ1n) is 5.98. The summed E-state index contributed by atoms with van der Waals surface area (Å²) in [6, 6.07) is 11.2. The lowest BCUT2D eigenvalue weighted by atomic mass is 10.1. The van der Waals surface area contributed by atoms with E-state index < -0.39 is 0 Å². The maximum absolute atomic E-state index is 8.98. The first kappa shape index (κ1) is 12.9. The van der Waals surface area contributed by atoms with Crippen LogP contribution in [0.1, 0.15) is 18.2 Å². The molecule has 1 aromatic carbocycles. The Labute approximate surface area is 112 Å². The minimum atomic E-state index is 0.254. The molecule has 2 rings (SSSR count). The van der Waals surface area contributed by atoms with E-state index in [1.54, 1.807) is 25.4 Å². The number of methoxy groups -OCH3 is 1. The van der Waals surface area contributed by atoms with E-state index in [9.17, 15) is 0 Å². The Morgan fingerprint density at radius 1 is 1.21 bits per heavy atom. The number of aromatic nitrogens is 1. The fourth-order valence-corrected chi connectivity index (χ4v) is 1.69. The van der Waals surface area contributed by atoms with Crippen molar-refractivity contribution in [1.29, 1.82) is 5.26 Å². The molecule has 0 N–H and O–H groups in total. The van der Waals surface area contributed by atoms with Gasteiger partial charge in [0.1, 0.15) is 6.07 Å². The highest BCUT2D eigenvalue weighted by Gasteiger charge is 2.10. The van der Waals surface area contributed by atoms with Crippen LogP contribution in [0.2, 0.25) is 0 Å². The Morgan fingerprint density at radius 3 is 2.74 bits per heavy atom. The number of rotatable bonds is 4. The normalized spacial score (nSPS) is 9.74. The van der Waals surface area contributed by atoms with E-state index in [1.807, 2.05) is 24.3 Å². The number of hydrogen-bond acceptors (Lipinski definition) is 4. The number of hydrogen-bond donors (Lipinski definition) is 0. The minimum Gasteiger partial charge on any atom is -0.493 e. The van der Waals surface area contributed by atoms with Gasteiger partial charge >= 0.3 is 0 Å². The van der Waals surface area contributed by atoms with Gasteiger partial charge in [0, 0.05) is 6.20 Å². The highest BCUT2D eigenvalue weighted by Crippen LogP contribution is 2.33. The Balaban J connectivity index is 2.36. The average molecular weight is 254 g/mol. The molecule has 0 aliphatic rings. The molecule has 0 unspecified atom stereocenters. The Kier molecular flexibility index (Phi) is 3.99. The summed E-state index contributed by atoms with van der Waals surface area (Å²) in [6.45, 7) is 2.07. The number of pyridine rings is 1. The van der Waals surface area contributed by atoms with Crippen LogP contribution in [0.25, 0.3) is 0 Å². The molecule has 19 heavy (non-hydrogen) atoms. The lowest BCUT2D eigenvalue weighted by Crippen LogP contribution is -1.94. The summed E-state index contributed by atoms with van der Waals surface area (Å²) in [7, 11) is 1.59. The molecule has 0 bridgehead atoms. The number of benzene rings is 1. The van der Waals surface area contributed by atoms with Gasteiger partial charge in [-0.3, -0.25) is 0 Å². The summed E-state index contributed by atoms with van der Waals surface area (Å²) in [5.41, 5.74) is 1.42. The van der Waals surface area contributed by atoms with Crippen LogP contribution in [0.3, 0.4) is 0 Å². The fraction of sp³-hybridized carbons (Fsp3) is 0.200. The molecule has 4 nitrogen and oxygen atoms in total. The standard InChI is InChI=1S/C15H14N2O2/c1-3-11-6-7-14(15(9-11)18-2)19-13-5-4-8-17-12(13)10-16/h4-9H,3H2,1-2H3. The highest BCUT2D eigenvalue weighted by atomic mass is 16.5. The van der Waals surface area contributed by atoms with Crippen molar-refractivity contribution in [3.63, 3.8) is 0 Å². The SMILES string of the molecule is CCc1ccc(Oc2cccnc2C#N)c(OC)c1. The van der Waals surface area contributed by atoms with E-state index in [-0.39, 0.29) is 5.69 Å². The van der Waals surface area contributed by atoms with Gasteiger partial charge in [0.25, 0.3) is 0 Å². The average Bonchev–Trinajstić information content (AvgIpc) is 2.48. The lowest BCUT2D eigenvalue weighted by molar-refractivity contribution is 0.377. The molecule has 0 saturated heterocycles. The van der Waals surface area contributed by atoms with Crippen molar-refractivity contribution in [1.82, 2.24) is 4.98 Å². The van der Waals surface area contributed by atoms with Gasteiger partial charge in [0.2, 0.25) is 0 Å². The molecule has 0 atom stereocenters. The van der Waals surface area contributed by atoms with Gasteiger partial charge < -0.3 is 9.47 Å². The van der Waals surface area contributed by atoms with Gasteiger partial charge in [0.05, 0.1) is 7.11 Å². The number of nitrogens with zero attached hydrogens (tertiary/aromatic N) is 2. The molecule has 96 valence electrons. The zero-order valence-electron chi connectivity index (χ0n) is 10.9. The van der Waals surface area contributed by atoms with Crippen molar-refractivity contribution in [2.45, 2.75) is 13.3 Å². The molecule has 1 aromatic heterocycles. The van der Waals surface area contributed by atoms with Gasteiger partial charge in [0.15, 0.2) is 22.9 Å². The fourth-order valence-electron chi connectivity index (χ4n) is 1.69. The monoisotopic (exact) mass is 254 g/mol. The molecule has 0 radical (unpaired) electrons. The third-order valence-electron chi connectivity index (χ3n) is 2.73. The highest BCUT2D eigenvalue weighted by molar-refractivity contribution is 5.47. The topological polar surface area (TPSA) is 55.1 Å². The third-order valence-corrected chi connectivity index (χ3v) is 2.73. The number of nitriles is 1. The van der Waals surface area contributed by atoms with Gasteiger partial charge in [-0.2, -0.15) is 5.26 Å². The first-order chi connectivity index (χ1) is 9.28. The second-order valence-corrected chi connectivity index (χ2v) is 3.90. The predicted octanol–water partition coefficient (Wildman–Crippen LogP) is 3.32. The van der Waals surface area contributed by atoms with Gasteiger partial charge in [-0.1, -0.05) is 13.0 Å². The van der Waals surface area contributed by atoms with E-state index in [0.717, 1.165) is 12.0 Å². The quantitative estimate of drug-likeness (QED) is 0.839. The van der Waals surface area contributed by atoms with Crippen LogP contribution in [0.4, 0.5) is 0 Å². The van der Waals surface area contributed by atoms with E-state index in [4.69, 9.17) is 14.7 Å². The summed E-state index contributed by atoms with van der Waals surface area (Å²) < 4.78 is 11.0. The molecule has 0 spiro atoms. The minimum absolute atomic E-state index is 0.254. The third kappa shape index (κ3) is 2.83. The van der Waals surface area contributed by atoms with Crippen LogP contribution in [0, 0.1) is 11.3 Å². The Bertz CT molecular complexity index is 618. The number of aryl methyl sites for hydroxylation is 1. The van der Waals surface area contributed by atoms with E-state index >= 15 is 0 Å². The Morgan fingerprint density at radius 2 is 2.05 bits per heavy atom. The summed E-state index contributed by atoms with van der Waals surface area (Å²) in [6.07, 6.45) is 2.48. The van der Waals surface area contributed by atoms with Crippen molar-refractivity contribution in [3.05, 3.63) is 47.8 Å². The smallest absolute Gasteiger partial charge is 0.183 e. The molecular weight excluding hydrogens is 240 g/mol. The van der Waals surface area contributed by atoms with Crippen LogP contribution >= 0.6 is 0 Å². The molecule has 1 heterocycles. The molecular formula is C15H14N2O2. The lowest BCUT2D eigenvalue weighted by Gasteiger charge is -2.11. The zero-order chi connectivity index (χ0) is 13.7. The Hall–Kier alpha value is -2.54. The van der Waals surface area contributed by atoms with E-state index in [1.165, 1.54) is 0 Å². The van der Waals surface area contributed by atoms with Gasteiger partial charge in [-0.05, 0) is 36.2 Å². The van der Waals surface area contributed by atoms with E-state index in [0.29, 0.717) is 17.2 Å². The molecule has 0 amide bonds. The maximum Gasteiger partial charge on any atom is 0.183 e. The molecule has 0 aliphatic carbocycles. The molecule has 4 heteroatoms. The molecule has 2 aromatic rings.